The van der Waals surface area contributed by atoms with Crippen molar-refractivity contribution >= 4 is 22.4 Å². The average molecular weight is 269 g/mol. The largest absolute Gasteiger partial charge is 0.378 e. The summed E-state index contributed by atoms with van der Waals surface area (Å²) in [7, 11) is 0. The first-order chi connectivity index (χ1) is 8.79. The fourth-order valence-corrected chi connectivity index (χ4v) is 2.62. The van der Waals surface area contributed by atoms with E-state index in [4.69, 9.17) is 4.74 Å². The fourth-order valence-electron chi connectivity index (χ4n) is 1.80. The first-order valence-corrected chi connectivity index (χ1v) is 7.21. The summed E-state index contributed by atoms with van der Waals surface area (Å²) in [6.07, 6.45) is 1.46. The summed E-state index contributed by atoms with van der Waals surface area (Å²) >= 11 is 1.59. The lowest BCUT2D eigenvalue weighted by Gasteiger charge is -2.26. The van der Waals surface area contributed by atoms with Crippen molar-refractivity contribution in [2.75, 3.05) is 38.2 Å². The number of morpholine rings is 1. The predicted octanol–water partition coefficient (Wildman–Crippen LogP) is 1.37. The topological polar surface area (TPSA) is 54.5 Å². The van der Waals surface area contributed by atoms with Crippen LogP contribution in [0.3, 0.4) is 0 Å². The van der Waals surface area contributed by atoms with Crippen LogP contribution in [0.2, 0.25) is 0 Å². The number of anilines is 1. The minimum Gasteiger partial charge on any atom is -0.378 e. The van der Waals surface area contributed by atoms with Crippen LogP contribution in [-0.2, 0) is 16.0 Å². The Bertz CT molecular complexity index is 388. The van der Waals surface area contributed by atoms with Gasteiger partial charge in [-0.25, -0.2) is 4.98 Å². The maximum Gasteiger partial charge on any atom is 0.224 e. The molecule has 0 aromatic carbocycles. The Morgan fingerprint density at radius 3 is 3.00 bits per heavy atom. The number of nitrogens with one attached hydrogen (secondary N) is 1. The van der Waals surface area contributed by atoms with Crippen molar-refractivity contribution in [3.05, 3.63) is 11.1 Å². The minimum absolute atomic E-state index is 0.193. The predicted molar refractivity (Wildman–Crippen MR) is 72.0 cm³/mol. The molecule has 1 fully saturated rings. The van der Waals surface area contributed by atoms with Crippen LogP contribution in [0, 0.1) is 0 Å². The number of nitrogens with zero attached hydrogens (tertiary/aromatic N) is 2. The molecule has 1 amide bonds. The van der Waals surface area contributed by atoms with Crippen LogP contribution in [0.1, 0.15) is 19.0 Å². The third-order valence-corrected chi connectivity index (χ3v) is 3.74. The van der Waals surface area contributed by atoms with Crippen LogP contribution < -0.4 is 5.32 Å². The summed E-state index contributed by atoms with van der Waals surface area (Å²) in [6.45, 7) is 5.48. The molecular formula is C12H19N3O2S. The average Bonchev–Trinajstić information content (AvgIpc) is 2.87. The van der Waals surface area contributed by atoms with Crippen LogP contribution in [0.5, 0.6) is 0 Å². The molecule has 0 bridgehead atoms. The molecule has 1 aromatic heterocycles. The van der Waals surface area contributed by atoms with Crippen molar-refractivity contribution in [3.63, 3.8) is 0 Å². The number of thiazole rings is 1. The highest BCUT2D eigenvalue weighted by Crippen LogP contribution is 2.15. The minimum atomic E-state index is 0.193. The van der Waals surface area contributed by atoms with Crippen molar-refractivity contribution in [2.24, 2.45) is 0 Å². The lowest BCUT2D eigenvalue weighted by molar-refractivity contribution is -0.134. The Morgan fingerprint density at radius 2 is 2.33 bits per heavy atom. The maximum absolute atomic E-state index is 11.9. The van der Waals surface area contributed by atoms with E-state index in [0.29, 0.717) is 26.2 Å². The van der Waals surface area contributed by atoms with Gasteiger partial charge in [-0.2, -0.15) is 0 Å². The number of ether oxygens (including phenoxy) is 1. The molecule has 0 atom stereocenters. The molecule has 1 aliphatic heterocycles. The van der Waals surface area contributed by atoms with Gasteiger partial charge in [0.25, 0.3) is 0 Å². The maximum atomic E-state index is 11.9. The number of carbonyl (C=O) groups is 1. The van der Waals surface area contributed by atoms with Crippen molar-refractivity contribution in [1.82, 2.24) is 9.88 Å². The van der Waals surface area contributed by atoms with Gasteiger partial charge in [0.05, 0.1) is 18.9 Å². The molecule has 0 radical (unpaired) electrons. The van der Waals surface area contributed by atoms with Crippen LogP contribution in [0.15, 0.2) is 5.38 Å². The van der Waals surface area contributed by atoms with Crippen LogP contribution in [-0.4, -0.2) is 48.6 Å². The van der Waals surface area contributed by atoms with E-state index in [1.54, 1.807) is 11.3 Å². The number of carbonyl (C=O) groups excluding carboxylic acids is 1. The van der Waals surface area contributed by atoms with Gasteiger partial charge in [-0.3, -0.25) is 4.79 Å². The third kappa shape index (κ3) is 3.68. The zero-order chi connectivity index (χ0) is 12.8. The van der Waals surface area contributed by atoms with E-state index in [9.17, 15) is 4.79 Å². The van der Waals surface area contributed by atoms with E-state index in [0.717, 1.165) is 30.3 Å². The van der Waals surface area contributed by atoms with Crippen molar-refractivity contribution in [3.8, 4) is 0 Å². The monoisotopic (exact) mass is 269 g/mol. The summed E-state index contributed by atoms with van der Waals surface area (Å²) in [6, 6.07) is 0. The van der Waals surface area contributed by atoms with Crippen molar-refractivity contribution in [1.29, 1.82) is 0 Å². The van der Waals surface area contributed by atoms with Gasteiger partial charge < -0.3 is 15.0 Å². The second-order valence-corrected chi connectivity index (χ2v) is 5.03. The third-order valence-electron chi connectivity index (χ3n) is 2.89. The Labute approximate surface area is 111 Å². The SMILES string of the molecule is CCc1csc(NCCC(=O)N2CCOCC2)n1. The molecule has 18 heavy (non-hydrogen) atoms. The number of hydrogen-bond donors (Lipinski definition) is 1. The van der Waals surface area contributed by atoms with Crippen LogP contribution in [0.25, 0.3) is 0 Å². The Hall–Kier alpha value is -1.14. The number of aromatic nitrogens is 1. The molecule has 0 aliphatic carbocycles. The van der Waals surface area contributed by atoms with E-state index in [-0.39, 0.29) is 5.91 Å². The van der Waals surface area contributed by atoms with E-state index in [1.165, 1.54) is 0 Å². The Balaban J connectivity index is 1.69. The van der Waals surface area contributed by atoms with Crippen LogP contribution in [0.4, 0.5) is 5.13 Å². The lowest BCUT2D eigenvalue weighted by Crippen LogP contribution is -2.41. The van der Waals surface area contributed by atoms with Gasteiger partial charge >= 0.3 is 0 Å². The van der Waals surface area contributed by atoms with Gasteiger partial charge in [-0.05, 0) is 6.42 Å². The number of aryl methyl sites for hydroxylation is 1. The summed E-state index contributed by atoms with van der Waals surface area (Å²) in [5.74, 6) is 0.193. The van der Waals surface area contributed by atoms with Gasteiger partial charge in [0.15, 0.2) is 5.13 Å². The summed E-state index contributed by atoms with van der Waals surface area (Å²) < 4.78 is 5.22. The molecule has 1 aliphatic rings. The van der Waals surface area contributed by atoms with Gasteiger partial charge in [0, 0.05) is 31.4 Å². The fraction of sp³-hybridized carbons (Fsp3) is 0.667. The molecule has 0 saturated carbocycles. The summed E-state index contributed by atoms with van der Waals surface area (Å²) in [5, 5.41) is 6.15. The van der Waals surface area contributed by atoms with E-state index in [2.05, 4.69) is 17.2 Å². The van der Waals surface area contributed by atoms with Gasteiger partial charge in [0.1, 0.15) is 0 Å². The number of hydrogen-bond acceptors (Lipinski definition) is 5. The summed E-state index contributed by atoms with van der Waals surface area (Å²) in [4.78, 5) is 18.1. The molecule has 5 nitrogen and oxygen atoms in total. The highest BCUT2D eigenvalue weighted by molar-refractivity contribution is 7.13. The number of amides is 1. The van der Waals surface area contributed by atoms with E-state index < -0.39 is 0 Å². The second kappa shape index (κ2) is 6.70. The normalized spacial score (nSPS) is 15.7. The Kier molecular flexibility index (Phi) is 4.95. The molecule has 100 valence electrons. The molecule has 6 heteroatoms. The highest BCUT2D eigenvalue weighted by atomic mass is 32.1. The molecular weight excluding hydrogens is 250 g/mol. The molecule has 0 spiro atoms. The van der Waals surface area contributed by atoms with Gasteiger partial charge in [0.2, 0.25) is 5.91 Å². The zero-order valence-corrected chi connectivity index (χ0v) is 11.5. The lowest BCUT2D eigenvalue weighted by atomic mass is 10.3. The standard InChI is InChI=1S/C12H19N3O2S/c1-2-10-9-18-12(14-10)13-4-3-11(16)15-5-7-17-8-6-15/h9H,2-8H2,1H3,(H,13,14). The van der Waals surface area contributed by atoms with Crippen molar-refractivity contribution < 1.29 is 9.53 Å². The van der Waals surface area contributed by atoms with Gasteiger partial charge in [-0.15, -0.1) is 11.3 Å². The van der Waals surface area contributed by atoms with E-state index >= 15 is 0 Å². The first kappa shape index (κ1) is 13.3. The smallest absolute Gasteiger partial charge is 0.224 e. The number of rotatable bonds is 5. The Morgan fingerprint density at radius 1 is 1.56 bits per heavy atom. The first-order valence-electron chi connectivity index (χ1n) is 6.33. The second-order valence-electron chi connectivity index (χ2n) is 4.17. The van der Waals surface area contributed by atoms with Gasteiger partial charge in [-0.1, -0.05) is 6.92 Å². The molecule has 1 N–H and O–H groups in total. The highest BCUT2D eigenvalue weighted by Gasteiger charge is 2.16. The molecule has 1 saturated heterocycles. The molecule has 1 aromatic rings. The van der Waals surface area contributed by atoms with E-state index in [1.807, 2.05) is 10.3 Å². The quantitative estimate of drug-likeness (QED) is 0.877. The molecule has 2 heterocycles. The molecule has 2 rings (SSSR count). The molecule has 0 unspecified atom stereocenters. The van der Waals surface area contributed by atoms with Crippen LogP contribution >= 0.6 is 11.3 Å². The zero-order valence-electron chi connectivity index (χ0n) is 10.6. The summed E-state index contributed by atoms with van der Waals surface area (Å²) in [5.41, 5.74) is 1.10. The van der Waals surface area contributed by atoms with Crippen molar-refractivity contribution in [2.45, 2.75) is 19.8 Å².